The van der Waals surface area contributed by atoms with E-state index in [-0.39, 0.29) is 31.1 Å². The van der Waals surface area contributed by atoms with Crippen molar-refractivity contribution >= 4 is 29.5 Å². The van der Waals surface area contributed by atoms with Gasteiger partial charge in [-0.05, 0) is 25.0 Å². The van der Waals surface area contributed by atoms with Crippen LogP contribution in [0.3, 0.4) is 0 Å². The summed E-state index contributed by atoms with van der Waals surface area (Å²) in [6, 6.07) is 3.52. The molecule has 0 aromatic heterocycles. The van der Waals surface area contributed by atoms with Gasteiger partial charge in [0.1, 0.15) is 24.4 Å². The minimum absolute atomic E-state index is 0.0398. The summed E-state index contributed by atoms with van der Waals surface area (Å²) >= 11 is 0. The number of nitrogens with two attached hydrogens (primary N) is 1. The maximum Gasteiger partial charge on any atom is 0.255 e. The molecule has 2 heterocycles. The molecule has 5 N–H and O–H groups in total. The molecule has 0 radical (unpaired) electrons. The molecule has 3 atom stereocenters. The highest BCUT2D eigenvalue weighted by molar-refractivity contribution is 6.01. The lowest BCUT2D eigenvalue weighted by atomic mass is 10.1. The third-order valence-corrected chi connectivity index (χ3v) is 6.09. The number of hydrogen-bond donors (Lipinski definition) is 4. The molecule has 1 aromatic carbocycles. The van der Waals surface area contributed by atoms with Gasteiger partial charge in [-0.2, -0.15) is 0 Å². The summed E-state index contributed by atoms with van der Waals surface area (Å²) in [5, 5.41) is 14.7. The Morgan fingerprint density at radius 3 is 2.63 bits per heavy atom. The second-order valence-corrected chi connectivity index (χ2v) is 8.64. The van der Waals surface area contributed by atoms with E-state index in [9.17, 15) is 29.1 Å². The maximum atomic E-state index is 13.3. The van der Waals surface area contributed by atoms with Crippen LogP contribution < -0.4 is 21.1 Å². The number of carbonyl (C=O) groups is 5. The van der Waals surface area contributed by atoms with Crippen LogP contribution in [0.15, 0.2) is 24.3 Å². The topological polar surface area (TPSA) is 171 Å². The molecule has 2 aliphatic heterocycles. The minimum atomic E-state index is -1.27. The molecule has 0 spiro atoms. The maximum absolute atomic E-state index is 13.3. The smallest absolute Gasteiger partial charge is 0.255 e. The van der Waals surface area contributed by atoms with Crippen LogP contribution in [0.4, 0.5) is 0 Å². The second kappa shape index (κ2) is 11.6. The average Bonchev–Trinajstić information content (AvgIpc) is 3.30. The van der Waals surface area contributed by atoms with Gasteiger partial charge in [0, 0.05) is 13.6 Å². The number of nitrogens with zero attached hydrogens (tertiary/aromatic N) is 2. The number of carbonyl (C=O) groups excluding carboxylic acids is 5. The minimum Gasteiger partial charge on any atom is -0.491 e. The van der Waals surface area contributed by atoms with E-state index in [0.29, 0.717) is 19.4 Å². The Morgan fingerprint density at radius 2 is 1.91 bits per heavy atom. The van der Waals surface area contributed by atoms with E-state index in [1.54, 1.807) is 18.2 Å². The summed E-state index contributed by atoms with van der Waals surface area (Å²) in [6.07, 6.45) is 0.381. The van der Waals surface area contributed by atoms with Crippen LogP contribution in [-0.2, 0) is 19.2 Å². The van der Waals surface area contributed by atoms with E-state index in [0.717, 1.165) is 0 Å². The van der Waals surface area contributed by atoms with Crippen LogP contribution in [-0.4, -0.2) is 95.9 Å². The fourth-order valence-electron chi connectivity index (χ4n) is 4.24. The van der Waals surface area contributed by atoms with Gasteiger partial charge in [-0.15, -0.1) is 0 Å². The van der Waals surface area contributed by atoms with Crippen molar-refractivity contribution in [2.75, 3.05) is 33.4 Å². The van der Waals surface area contributed by atoms with Crippen LogP contribution in [0, 0.1) is 0 Å². The zero-order chi connectivity index (χ0) is 25.5. The number of rotatable bonds is 4. The molecule has 1 aromatic rings. The molecular weight excluding hydrogens is 458 g/mol. The number of likely N-dealkylation sites (tertiary alicyclic amines) is 1. The Hall–Kier alpha value is -3.67. The molecule has 35 heavy (non-hydrogen) atoms. The van der Waals surface area contributed by atoms with Crippen molar-refractivity contribution in [3.8, 4) is 5.75 Å². The molecular formula is C23H31N5O7. The molecule has 0 aliphatic carbocycles. The van der Waals surface area contributed by atoms with Gasteiger partial charge >= 0.3 is 0 Å². The summed E-state index contributed by atoms with van der Waals surface area (Å²) < 4.78 is 5.73. The molecule has 12 nitrogen and oxygen atoms in total. The quantitative estimate of drug-likeness (QED) is 0.393. The fourth-order valence-corrected chi connectivity index (χ4v) is 4.24. The molecule has 2 aliphatic rings. The zero-order valence-electron chi connectivity index (χ0n) is 19.6. The van der Waals surface area contributed by atoms with Gasteiger partial charge in [-0.25, -0.2) is 0 Å². The number of primary amides is 1. The Balaban J connectivity index is 1.94. The van der Waals surface area contributed by atoms with Crippen molar-refractivity contribution in [1.29, 1.82) is 0 Å². The summed E-state index contributed by atoms with van der Waals surface area (Å²) in [5.74, 6) is -2.92. The van der Waals surface area contributed by atoms with Crippen LogP contribution in [0.1, 0.15) is 36.0 Å². The molecule has 5 amide bonds. The zero-order valence-corrected chi connectivity index (χ0v) is 19.6. The van der Waals surface area contributed by atoms with E-state index < -0.39 is 60.5 Å². The second-order valence-electron chi connectivity index (χ2n) is 8.64. The number of aliphatic hydroxyl groups is 1. The number of amides is 5. The largest absolute Gasteiger partial charge is 0.491 e. The van der Waals surface area contributed by atoms with Gasteiger partial charge in [-0.3, -0.25) is 24.0 Å². The summed E-state index contributed by atoms with van der Waals surface area (Å²) in [6.45, 7) is 0.304. The number of aliphatic hydroxyl groups excluding tert-OH is 1. The van der Waals surface area contributed by atoms with Gasteiger partial charge in [0.2, 0.25) is 23.6 Å². The molecule has 0 unspecified atom stereocenters. The van der Waals surface area contributed by atoms with Gasteiger partial charge in [0.05, 0.1) is 37.6 Å². The van der Waals surface area contributed by atoms with Crippen molar-refractivity contribution in [3.05, 3.63) is 29.8 Å². The molecule has 1 fully saturated rings. The SMILES string of the molecule is CN1CCOc2ccccc2C(=O)N[C@H](C(=O)N2CCC[C@H]2CO)CC(=O)N[C@@H](CC(N)=O)C1=O. The molecule has 12 heteroatoms. The molecule has 190 valence electrons. The highest BCUT2D eigenvalue weighted by Gasteiger charge is 2.36. The van der Waals surface area contributed by atoms with Crippen LogP contribution in [0.2, 0.25) is 0 Å². The van der Waals surface area contributed by atoms with Gasteiger partial charge in [0.15, 0.2) is 0 Å². The predicted octanol–water partition coefficient (Wildman–Crippen LogP) is -1.63. The van der Waals surface area contributed by atoms with E-state index in [4.69, 9.17) is 10.5 Å². The highest BCUT2D eigenvalue weighted by Crippen LogP contribution is 2.21. The van der Waals surface area contributed by atoms with Gasteiger partial charge < -0.3 is 36.0 Å². The van der Waals surface area contributed by atoms with Crippen molar-refractivity contribution in [3.63, 3.8) is 0 Å². The van der Waals surface area contributed by atoms with E-state index >= 15 is 0 Å². The van der Waals surface area contributed by atoms with E-state index in [2.05, 4.69) is 10.6 Å². The van der Waals surface area contributed by atoms with Gasteiger partial charge in [0.25, 0.3) is 5.91 Å². The van der Waals surface area contributed by atoms with Crippen molar-refractivity contribution in [2.24, 2.45) is 5.73 Å². The van der Waals surface area contributed by atoms with Crippen molar-refractivity contribution in [2.45, 2.75) is 43.8 Å². The summed E-state index contributed by atoms with van der Waals surface area (Å²) in [7, 11) is 1.49. The number of fused-ring (bicyclic) bond motifs is 1. The van der Waals surface area contributed by atoms with E-state index in [1.165, 1.54) is 22.9 Å². The summed E-state index contributed by atoms with van der Waals surface area (Å²) in [4.78, 5) is 66.5. The third kappa shape index (κ3) is 6.47. The lowest BCUT2D eigenvalue weighted by Gasteiger charge is -2.29. The Labute approximate surface area is 202 Å². The Kier molecular flexibility index (Phi) is 8.63. The number of nitrogens with one attached hydrogen (secondary N) is 2. The normalized spacial score (nSPS) is 24.1. The number of benzene rings is 1. The number of ether oxygens (including phenoxy) is 1. The van der Waals surface area contributed by atoms with Crippen molar-refractivity contribution < 1.29 is 33.8 Å². The van der Waals surface area contributed by atoms with Gasteiger partial charge in [-0.1, -0.05) is 12.1 Å². The van der Waals surface area contributed by atoms with E-state index in [1.807, 2.05) is 0 Å². The first-order chi connectivity index (χ1) is 16.7. The van der Waals surface area contributed by atoms with Crippen LogP contribution in [0.5, 0.6) is 5.75 Å². The van der Waals surface area contributed by atoms with Crippen LogP contribution in [0.25, 0.3) is 0 Å². The first-order valence-electron chi connectivity index (χ1n) is 11.5. The van der Waals surface area contributed by atoms with Crippen molar-refractivity contribution in [1.82, 2.24) is 20.4 Å². The first-order valence-corrected chi connectivity index (χ1v) is 11.5. The number of para-hydroxylation sites is 1. The monoisotopic (exact) mass is 489 g/mol. The van der Waals surface area contributed by atoms with Crippen LogP contribution >= 0.6 is 0 Å². The molecule has 3 rings (SSSR count). The first kappa shape index (κ1) is 25.9. The third-order valence-electron chi connectivity index (χ3n) is 6.09. The lowest BCUT2D eigenvalue weighted by Crippen LogP contribution is -2.54. The summed E-state index contributed by atoms with van der Waals surface area (Å²) in [5.41, 5.74) is 5.44. The number of likely N-dealkylation sites (N-methyl/N-ethyl adjacent to an activating group) is 1. The molecule has 0 bridgehead atoms. The highest BCUT2D eigenvalue weighted by atomic mass is 16.5. The average molecular weight is 490 g/mol. The Morgan fingerprint density at radius 1 is 1.17 bits per heavy atom. The molecule has 1 saturated heterocycles. The molecule has 0 saturated carbocycles. The fraction of sp³-hybridized carbons (Fsp3) is 0.522. The standard InChI is InChI=1S/C23H31N5O7/c1-27-9-10-35-18-7-3-2-6-15(18)21(32)26-17(23(34)28-8-4-5-14(28)13-29)12-20(31)25-16(22(27)33)11-19(24)30/h2-3,6-7,14,16-17,29H,4-5,8-13H2,1H3,(H2,24,30)(H,25,31)(H,26,32)/t14-,16-,17-/m0/s1. The lowest BCUT2D eigenvalue weighted by molar-refractivity contribution is -0.139. The predicted molar refractivity (Wildman–Crippen MR) is 123 cm³/mol. The Bertz CT molecular complexity index is 985. The number of hydrogen-bond acceptors (Lipinski definition) is 7.